The maximum atomic E-state index is 14.0. The van der Waals surface area contributed by atoms with Gasteiger partial charge in [0.05, 0.1) is 6.04 Å². The van der Waals surface area contributed by atoms with Gasteiger partial charge in [-0.25, -0.2) is 9.18 Å². The second-order valence-corrected chi connectivity index (χ2v) is 8.88. The molecule has 2 amide bonds. The molecule has 0 radical (unpaired) electrons. The molecule has 1 N–H and O–H groups in total. The molecule has 0 saturated carbocycles. The van der Waals surface area contributed by atoms with Crippen LogP contribution >= 0.6 is 0 Å². The van der Waals surface area contributed by atoms with E-state index in [4.69, 9.17) is 4.74 Å². The van der Waals surface area contributed by atoms with E-state index in [-0.39, 0.29) is 18.3 Å². The third-order valence-electron chi connectivity index (χ3n) is 5.54. The first-order valence-electron chi connectivity index (χ1n) is 10.3. The number of hydrogen-bond acceptors (Lipinski definition) is 4. The molecule has 1 aliphatic heterocycles. The maximum absolute atomic E-state index is 14.0. The van der Waals surface area contributed by atoms with E-state index in [0.717, 1.165) is 30.5 Å². The van der Waals surface area contributed by atoms with Gasteiger partial charge in [0, 0.05) is 30.9 Å². The number of aromatic nitrogens is 2. The van der Waals surface area contributed by atoms with E-state index < -0.39 is 17.7 Å². The van der Waals surface area contributed by atoms with E-state index in [2.05, 4.69) is 10.2 Å². The summed E-state index contributed by atoms with van der Waals surface area (Å²) in [6.45, 7) is 6.34. The highest BCUT2D eigenvalue weighted by Crippen LogP contribution is 2.31. The molecule has 0 bridgehead atoms. The number of carbonyl (C=O) groups excluding carboxylic acids is 2. The Labute approximate surface area is 175 Å². The monoisotopic (exact) mass is 414 g/mol. The van der Waals surface area contributed by atoms with Gasteiger partial charge in [0.25, 0.3) is 5.91 Å². The summed E-state index contributed by atoms with van der Waals surface area (Å²) >= 11 is 0. The number of nitrogens with one attached hydrogen (secondary N) is 1. The topological polar surface area (TPSA) is 78.5 Å². The SMILES string of the molecule is CC(C)(C)OC(=O)N1CCN(C(=O)c2n[nH]c3c2CCC3)C(c2cccc(F)c2)C1. The molecule has 1 aromatic heterocycles. The van der Waals surface area contributed by atoms with Crippen LogP contribution < -0.4 is 0 Å². The van der Waals surface area contributed by atoms with Gasteiger partial charge in [-0.3, -0.25) is 9.89 Å². The number of carbonyl (C=O) groups is 2. The van der Waals surface area contributed by atoms with E-state index in [0.29, 0.717) is 24.3 Å². The smallest absolute Gasteiger partial charge is 0.410 e. The number of rotatable bonds is 2. The number of H-pyrrole nitrogens is 1. The van der Waals surface area contributed by atoms with Crippen LogP contribution in [0.1, 0.15) is 60.5 Å². The quantitative estimate of drug-likeness (QED) is 0.816. The Bertz CT molecular complexity index is 966. The first-order chi connectivity index (χ1) is 14.2. The van der Waals surface area contributed by atoms with Crippen LogP contribution in [0.3, 0.4) is 0 Å². The third kappa shape index (κ3) is 4.04. The first kappa shape index (κ1) is 20.4. The molecule has 8 heteroatoms. The van der Waals surface area contributed by atoms with Gasteiger partial charge in [-0.1, -0.05) is 12.1 Å². The average molecular weight is 414 g/mol. The number of piperazine rings is 1. The minimum absolute atomic E-state index is 0.188. The molecule has 160 valence electrons. The fourth-order valence-corrected chi connectivity index (χ4v) is 4.15. The first-order valence-corrected chi connectivity index (χ1v) is 10.3. The minimum atomic E-state index is -0.617. The Morgan fingerprint density at radius 2 is 2.03 bits per heavy atom. The van der Waals surface area contributed by atoms with Crippen molar-refractivity contribution >= 4 is 12.0 Å². The third-order valence-corrected chi connectivity index (χ3v) is 5.54. The Balaban J connectivity index is 1.62. The van der Waals surface area contributed by atoms with Crippen molar-refractivity contribution in [3.05, 3.63) is 52.6 Å². The number of aromatic amines is 1. The highest BCUT2D eigenvalue weighted by atomic mass is 19.1. The Morgan fingerprint density at radius 3 is 2.77 bits per heavy atom. The Kier molecular flexibility index (Phi) is 5.26. The number of halogens is 1. The molecular weight excluding hydrogens is 387 g/mol. The normalized spacial score (nSPS) is 19.0. The van der Waals surface area contributed by atoms with E-state index >= 15 is 0 Å². The van der Waals surface area contributed by atoms with Crippen LogP contribution in [0.5, 0.6) is 0 Å². The molecule has 4 rings (SSSR count). The van der Waals surface area contributed by atoms with E-state index in [1.165, 1.54) is 12.1 Å². The predicted octanol–water partition coefficient (Wildman–Crippen LogP) is 3.47. The zero-order chi connectivity index (χ0) is 21.5. The second-order valence-electron chi connectivity index (χ2n) is 8.88. The summed E-state index contributed by atoms with van der Waals surface area (Å²) in [7, 11) is 0. The molecule has 2 aliphatic rings. The molecule has 7 nitrogen and oxygen atoms in total. The van der Waals surface area contributed by atoms with Gasteiger partial charge in [-0.15, -0.1) is 0 Å². The van der Waals surface area contributed by atoms with Crippen LogP contribution in [0.4, 0.5) is 9.18 Å². The lowest BCUT2D eigenvalue weighted by atomic mass is 10.0. The van der Waals surface area contributed by atoms with Crippen molar-refractivity contribution in [1.82, 2.24) is 20.0 Å². The summed E-state index contributed by atoms with van der Waals surface area (Å²) in [4.78, 5) is 29.3. The van der Waals surface area contributed by atoms with Crippen molar-refractivity contribution in [1.29, 1.82) is 0 Å². The molecule has 2 heterocycles. The zero-order valence-corrected chi connectivity index (χ0v) is 17.6. The molecule has 1 fully saturated rings. The second kappa shape index (κ2) is 7.74. The molecule has 0 spiro atoms. The largest absolute Gasteiger partial charge is 0.444 e. The van der Waals surface area contributed by atoms with Crippen molar-refractivity contribution in [2.75, 3.05) is 19.6 Å². The van der Waals surface area contributed by atoms with E-state index in [9.17, 15) is 14.0 Å². The van der Waals surface area contributed by atoms with Crippen molar-refractivity contribution < 1.29 is 18.7 Å². The van der Waals surface area contributed by atoms with Crippen LogP contribution in [0.15, 0.2) is 24.3 Å². The molecule has 1 saturated heterocycles. The highest BCUT2D eigenvalue weighted by molar-refractivity contribution is 5.94. The Morgan fingerprint density at radius 1 is 1.23 bits per heavy atom. The number of aryl methyl sites for hydroxylation is 1. The van der Waals surface area contributed by atoms with Gasteiger partial charge in [-0.05, 0) is 57.7 Å². The van der Waals surface area contributed by atoms with E-state index in [1.54, 1.807) is 21.9 Å². The molecule has 1 aromatic carbocycles. The summed E-state index contributed by atoms with van der Waals surface area (Å²) in [5, 5.41) is 7.25. The molecule has 1 unspecified atom stereocenters. The van der Waals surface area contributed by atoms with Crippen molar-refractivity contribution in [3.8, 4) is 0 Å². The van der Waals surface area contributed by atoms with Crippen LogP contribution in [0, 0.1) is 5.82 Å². The van der Waals surface area contributed by atoms with Gasteiger partial charge in [-0.2, -0.15) is 5.10 Å². The summed E-state index contributed by atoms with van der Waals surface area (Å²) in [5.41, 5.74) is 2.47. The molecule has 1 aliphatic carbocycles. The van der Waals surface area contributed by atoms with Gasteiger partial charge < -0.3 is 14.5 Å². The van der Waals surface area contributed by atoms with E-state index in [1.807, 2.05) is 20.8 Å². The van der Waals surface area contributed by atoms with Gasteiger partial charge in [0.15, 0.2) is 5.69 Å². The van der Waals surface area contributed by atoms with Crippen LogP contribution in [-0.4, -0.2) is 57.2 Å². The highest BCUT2D eigenvalue weighted by Gasteiger charge is 2.37. The van der Waals surface area contributed by atoms with Crippen molar-refractivity contribution in [2.24, 2.45) is 0 Å². The molecule has 2 aromatic rings. The predicted molar refractivity (Wildman–Crippen MR) is 109 cm³/mol. The fraction of sp³-hybridized carbons (Fsp3) is 0.500. The number of amides is 2. The standard InChI is InChI=1S/C22H27FN4O3/c1-22(2,3)30-21(29)26-10-11-27(18(13-26)14-6-4-7-15(23)12-14)20(28)19-16-8-5-9-17(16)24-25-19/h4,6-7,12,18H,5,8-11,13H2,1-3H3,(H,24,25). The van der Waals surface area contributed by atoms with Gasteiger partial charge in [0.1, 0.15) is 11.4 Å². The maximum Gasteiger partial charge on any atom is 0.410 e. The van der Waals surface area contributed by atoms with Crippen molar-refractivity contribution in [3.63, 3.8) is 0 Å². The number of hydrogen-bond donors (Lipinski definition) is 1. The number of nitrogens with zero attached hydrogens (tertiary/aromatic N) is 3. The number of ether oxygens (including phenoxy) is 1. The number of fused-ring (bicyclic) bond motifs is 1. The lowest BCUT2D eigenvalue weighted by Gasteiger charge is -2.41. The molecule has 30 heavy (non-hydrogen) atoms. The zero-order valence-electron chi connectivity index (χ0n) is 17.6. The Hall–Kier alpha value is -2.90. The molecular formula is C22H27FN4O3. The summed E-state index contributed by atoms with van der Waals surface area (Å²) in [5.74, 6) is -0.567. The van der Waals surface area contributed by atoms with Crippen LogP contribution in [0.2, 0.25) is 0 Å². The summed E-state index contributed by atoms with van der Waals surface area (Å²) < 4.78 is 19.5. The lowest BCUT2D eigenvalue weighted by Crippen LogP contribution is -2.53. The average Bonchev–Trinajstić information content (AvgIpc) is 3.29. The summed E-state index contributed by atoms with van der Waals surface area (Å²) in [6.07, 6.45) is 2.30. The minimum Gasteiger partial charge on any atom is -0.444 e. The fourth-order valence-electron chi connectivity index (χ4n) is 4.15. The van der Waals surface area contributed by atoms with Gasteiger partial charge >= 0.3 is 6.09 Å². The summed E-state index contributed by atoms with van der Waals surface area (Å²) in [6, 6.07) is 5.69. The van der Waals surface area contributed by atoms with Crippen LogP contribution in [-0.2, 0) is 17.6 Å². The number of benzene rings is 1. The van der Waals surface area contributed by atoms with Gasteiger partial charge in [0.2, 0.25) is 0 Å². The molecule has 1 atom stereocenters. The van der Waals surface area contributed by atoms with Crippen molar-refractivity contribution in [2.45, 2.75) is 51.7 Å². The van der Waals surface area contributed by atoms with Crippen LogP contribution in [0.25, 0.3) is 0 Å². The lowest BCUT2D eigenvalue weighted by molar-refractivity contribution is 0.00391.